The quantitative estimate of drug-likeness (QED) is 0.599. The molecule has 0 amide bonds. The highest BCUT2D eigenvalue weighted by molar-refractivity contribution is 5.26. The van der Waals surface area contributed by atoms with Crippen LogP contribution in [0.3, 0.4) is 0 Å². The fourth-order valence-corrected chi connectivity index (χ4v) is 1.48. The van der Waals surface area contributed by atoms with Gasteiger partial charge in [-0.2, -0.15) is 0 Å². The molecule has 1 unspecified atom stereocenters. The number of halogens is 1. The predicted molar refractivity (Wildman–Crippen MR) is 57.6 cm³/mol. The van der Waals surface area contributed by atoms with Gasteiger partial charge in [-0.3, -0.25) is 5.84 Å². The minimum Gasteiger partial charge on any atom is -0.271 e. The molecule has 0 saturated heterocycles. The van der Waals surface area contributed by atoms with Crippen LogP contribution in [0.2, 0.25) is 0 Å². The smallest absolute Gasteiger partial charge is 0.123 e. The molecule has 0 saturated carbocycles. The van der Waals surface area contributed by atoms with E-state index in [1.54, 1.807) is 24.4 Å². The van der Waals surface area contributed by atoms with E-state index in [0.717, 1.165) is 11.3 Å². The van der Waals surface area contributed by atoms with Crippen molar-refractivity contribution in [1.29, 1.82) is 0 Å². The van der Waals surface area contributed by atoms with Crippen LogP contribution in [0.1, 0.15) is 17.3 Å². The molecule has 16 heavy (non-hydrogen) atoms. The van der Waals surface area contributed by atoms with Gasteiger partial charge in [-0.05, 0) is 23.8 Å². The van der Waals surface area contributed by atoms with E-state index in [1.807, 2.05) is 0 Å². The number of nitrogens with one attached hydrogen (secondary N) is 1. The number of nitrogens with zero attached hydrogens (tertiary/aromatic N) is 2. The molecule has 1 heterocycles. The van der Waals surface area contributed by atoms with Crippen molar-refractivity contribution in [3.05, 3.63) is 59.9 Å². The summed E-state index contributed by atoms with van der Waals surface area (Å²) in [5.74, 6) is 5.19. The third kappa shape index (κ3) is 2.21. The SMILES string of the molecule is NNC(c1ccc(F)cc1)c1ccncn1. The maximum absolute atomic E-state index is 12.8. The number of hydrogen-bond acceptors (Lipinski definition) is 4. The van der Waals surface area contributed by atoms with Gasteiger partial charge in [-0.1, -0.05) is 12.1 Å². The van der Waals surface area contributed by atoms with Crippen LogP contribution >= 0.6 is 0 Å². The summed E-state index contributed by atoms with van der Waals surface area (Å²) in [6, 6.07) is 7.61. The lowest BCUT2D eigenvalue weighted by molar-refractivity contribution is 0.607. The predicted octanol–water partition coefficient (Wildman–Crippen LogP) is 1.17. The van der Waals surface area contributed by atoms with Gasteiger partial charge in [-0.15, -0.1) is 0 Å². The molecule has 4 nitrogen and oxygen atoms in total. The Morgan fingerprint density at radius 3 is 2.50 bits per heavy atom. The van der Waals surface area contributed by atoms with E-state index in [4.69, 9.17) is 5.84 Å². The molecule has 1 atom stereocenters. The Morgan fingerprint density at radius 1 is 1.19 bits per heavy atom. The molecule has 0 fully saturated rings. The van der Waals surface area contributed by atoms with E-state index < -0.39 is 0 Å². The van der Waals surface area contributed by atoms with Crippen molar-refractivity contribution in [2.45, 2.75) is 6.04 Å². The highest BCUT2D eigenvalue weighted by Gasteiger charge is 2.13. The topological polar surface area (TPSA) is 63.8 Å². The van der Waals surface area contributed by atoms with E-state index in [2.05, 4.69) is 15.4 Å². The highest BCUT2D eigenvalue weighted by Crippen LogP contribution is 2.18. The van der Waals surface area contributed by atoms with Gasteiger partial charge in [0.15, 0.2) is 0 Å². The third-order valence-corrected chi connectivity index (χ3v) is 2.27. The maximum atomic E-state index is 12.8. The standard InChI is InChI=1S/C11H11FN4/c12-9-3-1-8(2-4-9)11(16-13)10-5-6-14-7-15-10/h1-7,11,16H,13H2. The maximum Gasteiger partial charge on any atom is 0.123 e. The summed E-state index contributed by atoms with van der Waals surface area (Å²) >= 11 is 0. The molecule has 0 radical (unpaired) electrons. The second-order valence-corrected chi connectivity index (χ2v) is 3.29. The van der Waals surface area contributed by atoms with E-state index in [0.29, 0.717) is 0 Å². The molecule has 0 aliphatic carbocycles. The molecule has 2 rings (SSSR count). The Labute approximate surface area is 92.3 Å². The molecule has 0 bridgehead atoms. The molecular weight excluding hydrogens is 207 g/mol. The molecule has 5 heteroatoms. The zero-order valence-electron chi connectivity index (χ0n) is 8.47. The molecular formula is C11H11FN4. The second-order valence-electron chi connectivity index (χ2n) is 3.29. The van der Waals surface area contributed by atoms with Gasteiger partial charge in [0, 0.05) is 6.20 Å². The summed E-state index contributed by atoms with van der Waals surface area (Å²) in [7, 11) is 0. The lowest BCUT2D eigenvalue weighted by Crippen LogP contribution is -2.29. The van der Waals surface area contributed by atoms with Gasteiger partial charge in [0.2, 0.25) is 0 Å². The van der Waals surface area contributed by atoms with Gasteiger partial charge in [0.1, 0.15) is 12.1 Å². The highest BCUT2D eigenvalue weighted by atomic mass is 19.1. The monoisotopic (exact) mass is 218 g/mol. The average Bonchev–Trinajstić information content (AvgIpc) is 2.34. The van der Waals surface area contributed by atoms with Crippen LogP contribution in [0, 0.1) is 5.82 Å². The van der Waals surface area contributed by atoms with Crippen molar-refractivity contribution in [3.8, 4) is 0 Å². The van der Waals surface area contributed by atoms with E-state index in [1.165, 1.54) is 18.5 Å². The largest absolute Gasteiger partial charge is 0.271 e. The first kappa shape index (κ1) is 10.7. The van der Waals surface area contributed by atoms with E-state index in [-0.39, 0.29) is 11.9 Å². The number of nitrogens with two attached hydrogens (primary N) is 1. The van der Waals surface area contributed by atoms with Crippen molar-refractivity contribution >= 4 is 0 Å². The summed E-state index contributed by atoms with van der Waals surface area (Å²) < 4.78 is 12.8. The first-order chi connectivity index (χ1) is 7.81. The second kappa shape index (κ2) is 4.78. The van der Waals surface area contributed by atoms with Crippen molar-refractivity contribution < 1.29 is 4.39 Å². The Kier molecular flexibility index (Phi) is 3.19. The summed E-state index contributed by atoms with van der Waals surface area (Å²) in [4.78, 5) is 7.93. The van der Waals surface area contributed by atoms with Crippen molar-refractivity contribution in [2.75, 3.05) is 0 Å². The Hall–Kier alpha value is -1.85. The lowest BCUT2D eigenvalue weighted by Gasteiger charge is -2.15. The number of benzene rings is 1. The fourth-order valence-electron chi connectivity index (χ4n) is 1.48. The van der Waals surface area contributed by atoms with Crippen LogP contribution in [0.25, 0.3) is 0 Å². The summed E-state index contributed by atoms with van der Waals surface area (Å²) in [6.45, 7) is 0. The third-order valence-electron chi connectivity index (χ3n) is 2.27. The Balaban J connectivity index is 2.33. The summed E-state index contributed by atoms with van der Waals surface area (Å²) in [5, 5.41) is 0. The lowest BCUT2D eigenvalue weighted by atomic mass is 10.0. The first-order valence-corrected chi connectivity index (χ1v) is 4.79. The van der Waals surface area contributed by atoms with Gasteiger partial charge in [-0.25, -0.2) is 19.8 Å². The zero-order valence-corrected chi connectivity index (χ0v) is 8.47. The Morgan fingerprint density at radius 2 is 1.94 bits per heavy atom. The van der Waals surface area contributed by atoms with E-state index >= 15 is 0 Å². The number of rotatable bonds is 3. The molecule has 2 aromatic rings. The van der Waals surface area contributed by atoms with Crippen LogP contribution in [0.5, 0.6) is 0 Å². The number of hydrazine groups is 1. The number of aromatic nitrogens is 2. The molecule has 0 spiro atoms. The van der Waals surface area contributed by atoms with Crippen LogP contribution in [-0.4, -0.2) is 9.97 Å². The van der Waals surface area contributed by atoms with Crippen molar-refractivity contribution in [1.82, 2.24) is 15.4 Å². The van der Waals surface area contributed by atoms with Crippen LogP contribution in [0.15, 0.2) is 42.9 Å². The molecule has 0 aliphatic rings. The summed E-state index contributed by atoms with van der Waals surface area (Å²) in [5.41, 5.74) is 4.23. The minimum atomic E-state index is -0.276. The molecule has 3 N–H and O–H groups in total. The first-order valence-electron chi connectivity index (χ1n) is 4.79. The average molecular weight is 218 g/mol. The van der Waals surface area contributed by atoms with Crippen LogP contribution in [-0.2, 0) is 0 Å². The van der Waals surface area contributed by atoms with Crippen molar-refractivity contribution in [3.63, 3.8) is 0 Å². The summed E-state index contributed by atoms with van der Waals surface area (Å²) in [6.07, 6.45) is 3.08. The van der Waals surface area contributed by atoms with Gasteiger partial charge < -0.3 is 0 Å². The van der Waals surface area contributed by atoms with E-state index in [9.17, 15) is 4.39 Å². The van der Waals surface area contributed by atoms with Crippen LogP contribution in [0.4, 0.5) is 4.39 Å². The van der Waals surface area contributed by atoms with Crippen LogP contribution < -0.4 is 11.3 Å². The minimum absolute atomic E-state index is 0.261. The number of hydrogen-bond donors (Lipinski definition) is 2. The normalized spacial score (nSPS) is 12.4. The fraction of sp³-hybridized carbons (Fsp3) is 0.0909. The molecule has 82 valence electrons. The van der Waals surface area contributed by atoms with Crippen molar-refractivity contribution in [2.24, 2.45) is 5.84 Å². The molecule has 1 aromatic heterocycles. The molecule has 1 aromatic carbocycles. The van der Waals surface area contributed by atoms with Gasteiger partial charge in [0.25, 0.3) is 0 Å². The van der Waals surface area contributed by atoms with Gasteiger partial charge in [0.05, 0.1) is 11.7 Å². The zero-order chi connectivity index (χ0) is 11.4. The Bertz CT molecular complexity index is 443. The van der Waals surface area contributed by atoms with Gasteiger partial charge >= 0.3 is 0 Å². The molecule has 0 aliphatic heterocycles.